The average Bonchev–Trinajstić information content (AvgIpc) is 3.31. The van der Waals surface area contributed by atoms with E-state index < -0.39 is 16.0 Å². The van der Waals surface area contributed by atoms with Crippen molar-refractivity contribution >= 4 is 38.9 Å². The number of halogens is 1. The number of rotatable bonds is 6. The second-order valence-electron chi connectivity index (χ2n) is 4.95. The molecule has 2 heterocycles. The van der Waals surface area contributed by atoms with E-state index in [1.54, 1.807) is 0 Å². The molecule has 0 fully saturated rings. The molecule has 26 heavy (non-hydrogen) atoms. The minimum atomic E-state index is -3.71. The van der Waals surface area contributed by atoms with Gasteiger partial charge in [0.1, 0.15) is 0 Å². The number of benzene rings is 1. The number of esters is 1. The maximum absolute atomic E-state index is 12.2. The third kappa shape index (κ3) is 3.93. The third-order valence-electron chi connectivity index (χ3n) is 3.31. The molecule has 0 aliphatic rings. The van der Waals surface area contributed by atoms with E-state index in [2.05, 4.69) is 14.9 Å². The molecule has 0 saturated carbocycles. The lowest BCUT2D eigenvalue weighted by Gasteiger charge is -2.07. The van der Waals surface area contributed by atoms with E-state index in [9.17, 15) is 13.2 Å². The van der Waals surface area contributed by atoms with Gasteiger partial charge in [-0.15, -0.1) is 0 Å². The molecule has 3 aromatic rings. The lowest BCUT2D eigenvalue weighted by Crippen LogP contribution is -2.19. The van der Waals surface area contributed by atoms with Crippen molar-refractivity contribution in [2.45, 2.75) is 11.5 Å². The topological polar surface area (TPSA) is 111 Å². The fraction of sp³-hybridized carbons (Fsp3) is 0.133. The van der Waals surface area contributed by atoms with Gasteiger partial charge in [0.05, 0.1) is 21.0 Å². The molecule has 0 saturated heterocycles. The Kier molecular flexibility index (Phi) is 5.37. The van der Waals surface area contributed by atoms with Crippen molar-refractivity contribution in [3.05, 3.63) is 51.4 Å². The normalized spacial score (nSPS) is 11.5. The summed E-state index contributed by atoms with van der Waals surface area (Å²) in [5, 5.41) is 7.51. The lowest BCUT2D eigenvalue weighted by molar-refractivity contribution is 0.0459. The Hall–Kier alpha value is -2.27. The second-order valence-corrected chi connectivity index (χ2v) is 8.03. The molecule has 0 atom stereocenters. The van der Waals surface area contributed by atoms with Gasteiger partial charge >= 0.3 is 5.97 Å². The molecule has 0 spiro atoms. The van der Waals surface area contributed by atoms with E-state index in [0.29, 0.717) is 5.89 Å². The van der Waals surface area contributed by atoms with Crippen molar-refractivity contribution in [1.82, 2.24) is 14.9 Å². The number of nitrogens with zero attached hydrogens (tertiary/aromatic N) is 2. The minimum Gasteiger partial charge on any atom is -0.454 e. The third-order valence-corrected chi connectivity index (χ3v) is 5.73. The van der Waals surface area contributed by atoms with E-state index in [0.717, 1.165) is 11.6 Å². The van der Waals surface area contributed by atoms with Gasteiger partial charge in [-0.2, -0.15) is 16.3 Å². The Morgan fingerprint density at radius 2 is 2.19 bits per heavy atom. The molecule has 2 aromatic heterocycles. The monoisotopic (exact) mass is 413 g/mol. The summed E-state index contributed by atoms with van der Waals surface area (Å²) in [7, 11) is -2.45. The van der Waals surface area contributed by atoms with Gasteiger partial charge in [0.15, 0.2) is 6.61 Å². The van der Waals surface area contributed by atoms with Gasteiger partial charge in [0, 0.05) is 5.38 Å². The van der Waals surface area contributed by atoms with E-state index in [1.165, 1.54) is 30.5 Å². The summed E-state index contributed by atoms with van der Waals surface area (Å²) in [6.45, 7) is -0.244. The standard InChI is InChI=1S/C15H12ClN3O5S2/c1-17-26(21,22)10-2-3-12(16)11(6-10)15(20)23-7-13-18-14(24-19-13)9-4-5-25-8-9/h2-6,8,17H,7H2,1H3. The lowest BCUT2D eigenvalue weighted by atomic mass is 10.2. The van der Waals surface area contributed by atoms with Gasteiger partial charge in [-0.05, 0) is 36.7 Å². The average molecular weight is 414 g/mol. The molecule has 0 radical (unpaired) electrons. The zero-order valence-corrected chi connectivity index (χ0v) is 15.7. The highest BCUT2D eigenvalue weighted by atomic mass is 35.5. The predicted molar refractivity (Wildman–Crippen MR) is 94.4 cm³/mol. The Labute approximate surface area is 157 Å². The van der Waals surface area contributed by atoms with Gasteiger partial charge in [-0.25, -0.2) is 17.9 Å². The summed E-state index contributed by atoms with van der Waals surface area (Å²) in [5.41, 5.74) is 0.692. The maximum Gasteiger partial charge on any atom is 0.340 e. The van der Waals surface area contributed by atoms with Crippen LogP contribution in [-0.2, 0) is 21.4 Å². The Bertz CT molecular complexity index is 1030. The first-order valence-electron chi connectivity index (χ1n) is 7.16. The summed E-state index contributed by atoms with van der Waals surface area (Å²) in [6, 6.07) is 5.56. The van der Waals surface area contributed by atoms with E-state index in [-0.39, 0.29) is 27.9 Å². The maximum atomic E-state index is 12.2. The first kappa shape index (κ1) is 18.5. The summed E-state index contributed by atoms with van der Waals surface area (Å²) < 4.78 is 36.0. The van der Waals surface area contributed by atoms with Crippen LogP contribution in [0.4, 0.5) is 0 Å². The summed E-state index contributed by atoms with van der Waals surface area (Å²) in [6.07, 6.45) is 0. The number of aromatic nitrogens is 2. The van der Waals surface area contributed by atoms with Crippen LogP contribution in [0.2, 0.25) is 5.02 Å². The number of ether oxygens (including phenoxy) is 1. The number of hydrogen-bond acceptors (Lipinski definition) is 8. The van der Waals surface area contributed by atoms with Crippen LogP contribution < -0.4 is 4.72 Å². The van der Waals surface area contributed by atoms with Gasteiger partial charge in [0.2, 0.25) is 15.8 Å². The number of thiophene rings is 1. The Morgan fingerprint density at radius 1 is 1.38 bits per heavy atom. The molecule has 11 heteroatoms. The van der Waals surface area contributed by atoms with E-state index >= 15 is 0 Å². The first-order valence-corrected chi connectivity index (χ1v) is 9.96. The summed E-state index contributed by atoms with van der Waals surface area (Å²) >= 11 is 7.46. The van der Waals surface area contributed by atoms with Crippen molar-refractivity contribution in [2.24, 2.45) is 0 Å². The smallest absolute Gasteiger partial charge is 0.340 e. The van der Waals surface area contributed by atoms with Crippen LogP contribution in [-0.4, -0.2) is 31.6 Å². The zero-order valence-electron chi connectivity index (χ0n) is 13.3. The largest absolute Gasteiger partial charge is 0.454 e. The van der Waals surface area contributed by atoms with Crippen molar-refractivity contribution in [1.29, 1.82) is 0 Å². The molecule has 1 aromatic carbocycles. The SMILES string of the molecule is CNS(=O)(=O)c1ccc(Cl)c(C(=O)OCc2noc(-c3ccsc3)n2)c1. The highest BCUT2D eigenvalue weighted by Gasteiger charge is 2.19. The highest BCUT2D eigenvalue weighted by molar-refractivity contribution is 7.89. The molecular formula is C15H12ClN3O5S2. The first-order chi connectivity index (χ1) is 12.4. The molecule has 8 nitrogen and oxygen atoms in total. The van der Waals surface area contributed by atoms with Gasteiger partial charge in [0.25, 0.3) is 5.89 Å². The van der Waals surface area contributed by atoms with Gasteiger partial charge in [-0.1, -0.05) is 16.8 Å². The molecule has 0 aliphatic carbocycles. The van der Waals surface area contributed by atoms with Crippen LogP contribution in [0.1, 0.15) is 16.2 Å². The molecule has 136 valence electrons. The molecule has 0 bridgehead atoms. The molecule has 0 aliphatic heterocycles. The molecular weight excluding hydrogens is 402 g/mol. The van der Waals surface area contributed by atoms with Crippen LogP contribution >= 0.6 is 22.9 Å². The minimum absolute atomic E-state index is 0.0668. The molecule has 1 N–H and O–H groups in total. The van der Waals surface area contributed by atoms with E-state index in [4.69, 9.17) is 20.9 Å². The summed E-state index contributed by atoms with van der Waals surface area (Å²) in [4.78, 5) is 16.3. The van der Waals surface area contributed by atoms with Crippen molar-refractivity contribution in [2.75, 3.05) is 7.05 Å². The Morgan fingerprint density at radius 3 is 2.88 bits per heavy atom. The number of carbonyl (C=O) groups excluding carboxylic acids is 1. The fourth-order valence-electron chi connectivity index (χ4n) is 1.97. The van der Waals surface area contributed by atoms with Crippen LogP contribution in [0, 0.1) is 0 Å². The molecule has 0 amide bonds. The van der Waals surface area contributed by atoms with Crippen LogP contribution in [0.25, 0.3) is 11.5 Å². The zero-order chi connectivity index (χ0) is 18.7. The second kappa shape index (κ2) is 7.54. The highest BCUT2D eigenvalue weighted by Crippen LogP contribution is 2.22. The Balaban J connectivity index is 1.73. The van der Waals surface area contributed by atoms with Gasteiger partial charge < -0.3 is 9.26 Å². The number of hydrogen-bond donors (Lipinski definition) is 1. The summed E-state index contributed by atoms with van der Waals surface area (Å²) in [5.74, 6) is -0.308. The predicted octanol–water partition coefficient (Wildman–Crippen LogP) is 2.72. The number of carbonyl (C=O) groups is 1. The number of nitrogens with one attached hydrogen (secondary N) is 1. The quantitative estimate of drug-likeness (QED) is 0.618. The van der Waals surface area contributed by atoms with Crippen LogP contribution in [0.5, 0.6) is 0 Å². The van der Waals surface area contributed by atoms with Crippen molar-refractivity contribution in [3.63, 3.8) is 0 Å². The fourth-order valence-corrected chi connectivity index (χ4v) is 3.55. The van der Waals surface area contributed by atoms with E-state index in [1.807, 2.05) is 16.8 Å². The van der Waals surface area contributed by atoms with Crippen molar-refractivity contribution < 1.29 is 22.5 Å². The van der Waals surface area contributed by atoms with Crippen LogP contribution in [0.15, 0.2) is 44.4 Å². The van der Waals surface area contributed by atoms with Gasteiger partial charge in [-0.3, -0.25) is 0 Å². The molecule has 3 rings (SSSR count). The number of sulfonamides is 1. The van der Waals surface area contributed by atoms with Crippen molar-refractivity contribution in [3.8, 4) is 11.5 Å². The van der Waals surface area contributed by atoms with Crippen LogP contribution in [0.3, 0.4) is 0 Å². The molecule has 0 unspecified atom stereocenters.